The van der Waals surface area contributed by atoms with Crippen molar-refractivity contribution in [2.45, 2.75) is 50.9 Å². The minimum Gasteiger partial charge on any atom is -0.388 e. The molecule has 6 heteroatoms. The molecule has 18 heavy (non-hydrogen) atoms. The van der Waals surface area contributed by atoms with Crippen LogP contribution in [0.25, 0.3) is 0 Å². The number of rotatable bonds is 6. The number of nitrogens with zero attached hydrogens (tertiary/aromatic N) is 4. The van der Waals surface area contributed by atoms with E-state index in [-0.39, 0.29) is 12.0 Å². The summed E-state index contributed by atoms with van der Waals surface area (Å²) >= 11 is 1.62. The Morgan fingerprint density at radius 2 is 2.22 bits per heavy atom. The highest BCUT2D eigenvalue weighted by molar-refractivity contribution is 7.99. The molecular weight excluding hydrogens is 248 g/mol. The number of aliphatic hydroxyl groups is 1. The third-order valence-corrected chi connectivity index (χ3v) is 3.99. The molecule has 1 aliphatic carbocycles. The van der Waals surface area contributed by atoms with Gasteiger partial charge in [0.05, 0.1) is 11.5 Å². The highest BCUT2D eigenvalue weighted by atomic mass is 32.2. The Kier molecular flexibility index (Phi) is 3.93. The van der Waals surface area contributed by atoms with E-state index in [9.17, 15) is 5.11 Å². The quantitative estimate of drug-likeness (QED) is 0.798. The van der Waals surface area contributed by atoms with Crippen LogP contribution in [0, 0.1) is 16.7 Å². The summed E-state index contributed by atoms with van der Waals surface area (Å²) in [5.41, 5.74) is -0.294. The van der Waals surface area contributed by atoms with Crippen molar-refractivity contribution in [2.75, 3.05) is 5.75 Å². The third kappa shape index (κ3) is 3.03. The van der Waals surface area contributed by atoms with Crippen LogP contribution in [0.1, 0.15) is 45.0 Å². The van der Waals surface area contributed by atoms with E-state index in [0.29, 0.717) is 11.9 Å². The van der Waals surface area contributed by atoms with Crippen molar-refractivity contribution in [1.82, 2.24) is 14.8 Å². The van der Waals surface area contributed by atoms with Gasteiger partial charge >= 0.3 is 0 Å². The minimum absolute atomic E-state index is 0.0618. The lowest BCUT2D eigenvalue weighted by Crippen LogP contribution is -2.09. The van der Waals surface area contributed by atoms with Crippen molar-refractivity contribution in [3.8, 4) is 6.07 Å². The molecule has 1 aliphatic rings. The summed E-state index contributed by atoms with van der Waals surface area (Å²) in [6, 6.07) is 2.76. The smallest absolute Gasteiger partial charge is 0.191 e. The summed E-state index contributed by atoms with van der Waals surface area (Å²) < 4.78 is 2.05. The van der Waals surface area contributed by atoms with E-state index in [0.717, 1.165) is 30.2 Å². The molecule has 1 heterocycles. The molecule has 0 radical (unpaired) electrons. The molecule has 0 unspecified atom stereocenters. The summed E-state index contributed by atoms with van der Waals surface area (Å²) in [5, 5.41) is 27.2. The largest absolute Gasteiger partial charge is 0.388 e. The summed E-state index contributed by atoms with van der Waals surface area (Å²) in [6.07, 6.45) is 3.10. The van der Waals surface area contributed by atoms with Gasteiger partial charge in [0.25, 0.3) is 0 Å². The fraction of sp³-hybridized carbons (Fsp3) is 0.750. The van der Waals surface area contributed by atoms with E-state index in [1.807, 2.05) is 18.4 Å². The van der Waals surface area contributed by atoms with E-state index in [2.05, 4.69) is 16.3 Å². The zero-order valence-electron chi connectivity index (χ0n) is 10.8. The Morgan fingerprint density at radius 1 is 1.50 bits per heavy atom. The standard InChI is InChI=1S/C12H18N4OS/c1-12(2,8-13)5-6-18-11-15-14-10(7-17)16(11)9-3-4-9/h9,17H,3-7H2,1-2H3. The predicted molar refractivity (Wildman–Crippen MR) is 69.0 cm³/mol. The van der Waals surface area contributed by atoms with E-state index in [4.69, 9.17) is 5.26 Å². The Morgan fingerprint density at radius 3 is 2.78 bits per heavy atom. The number of aromatic nitrogens is 3. The number of nitriles is 1. The van der Waals surface area contributed by atoms with Crippen LogP contribution in [-0.4, -0.2) is 25.6 Å². The van der Waals surface area contributed by atoms with Gasteiger partial charge in [0.2, 0.25) is 0 Å². The molecule has 1 saturated carbocycles. The van der Waals surface area contributed by atoms with Crippen LogP contribution in [0.3, 0.4) is 0 Å². The van der Waals surface area contributed by atoms with Gasteiger partial charge in [-0.15, -0.1) is 10.2 Å². The lowest BCUT2D eigenvalue weighted by atomic mass is 9.93. The fourth-order valence-electron chi connectivity index (χ4n) is 1.67. The lowest BCUT2D eigenvalue weighted by molar-refractivity contribution is 0.263. The molecule has 1 aromatic heterocycles. The Bertz CT molecular complexity index is 459. The van der Waals surface area contributed by atoms with Crippen LogP contribution < -0.4 is 0 Å². The minimum atomic E-state index is -0.294. The van der Waals surface area contributed by atoms with Crippen molar-refractivity contribution in [2.24, 2.45) is 5.41 Å². The van der Waals surface area contributed by atoms with Crippen LogP contribution in [0.5, 0.6) is 0 Å². The molecule has 98 valence electrons. The number of hydrogen-bond donors (Lipinski definition) is 1. The van der Waals surface area contributed by atoms with Crippen LogP contribution in [0.15, 0.2) is 5.16 Å². The summed E-state index contributed by atoms with van der Waals surface area (Å²) in [4.78, 5) is 0. The lowest BCUT2D eigenvalue weighted by Gasteiger charge is -2.14. The first-order valence-corrected chi connectivity index (χ1v) is 7.14. The van der Waals surface area contributed by atoms with Crippen molar-refractivity contribution in [1.29, 1.82) is 5.26 Å². The molecule has 0 atom stereocenters. The summed E-state index contributed by atoms with van der Waals surface area (Å²) in [6.45, 7) is 3.82. The maximum absolute atomic E-state index is 9.23. The summed E-state index contributed by atoms with van der Waals surface area (Å²) in [5.74, 6) is 1.50. The molecule has 0 bridgehead atoms. The molecule has 0 spiro atoms. The zero-order chi connectivity index (χ0) is 13.2. The van der Waals surface area contributed by atoms with E-state index >= 15 is 0 Å². The average Bonchev–Trinajstić information content (AvgIpc) is 3.10. The van der Waals surface area contributed by atoms with E-state index in [1.165, 1.54) is 0 Å². The second kappa shape index (κ2) is 5.29. The topological polar surface area (TPSA) is 74.7 Å². The molecule has 1 N–H and O–H groups in total. The van der Waals surface area contributed by atoms with Gasteiger partial charge in [-0.05, 0) is 33.1 Å². The van der Waals surface area contributed by atoms with Crippen molar-refractivity contribution >= 4 is 11.8 Å². The van der Waals surface area contributed by atoms with Crippen LogP contribution in [-0.2, 0) is 6.61 Å². The Labute approximate surface area is 111 Å². The average molecular weight is 266 g/mol. The predicted octanol–water partition coefficient (Wildman–Crippen LogP) is 2.14. The van der Waals surface area contributed by atoms with Gasteiger partial charge in [-0.1, -0.05) is 11.8 Å². The number of hydrogen-bond acceptors (Lipinski definition) is 5. The van der Waals surface area contributed by atoms with Crippen LogP contribution >= 0.6 is 11.8 Å². The van der Waals surface area contributed by atoms with Crippen molar-refractivity contribution < 1.29 is 5.11 Å². The Balaban J connectivity index is 1.98. The van der Waals surface area contributed by atoms with Gasteiger partial charge in [0.15, 0.2) is 11.0 Å². The van der Waals surface area contributed by atoms with Crippen LogP contribution in [0.4, 0.5) is 0 Å². The summed E-state index contributed by atoms with van der Waals surface area (Å²) in [7, 11) is 0. The van der Waals surface area contributed by atoms with Gasteiger partial charge in [0, 0.05) is 11.8 Å². The molecule has 1 fully saturated rings. The molecule has 5 nitrogen and oxygen atoms in total. The van der Waals surface area contributed by atoms with E-state index < -0.39 is 0 Å². The number of aliphatic hydroxyl groups excluding tert-OH is 1. The van der Waals surface area contributed by atoms with Gasteiger partial charge < -0.3 is 9.67 Å². The molecule has 1 aromatic rings. The van der Waals surface area contributed by atoms with Gasteiger partial charge in [-0.2, -0.15) is 5.26 Å². The molecule has 0 aromatic carbocycles. The molecule has 0 aliphatic heterocycles. The molecule has 0 saturated heterocycles. The highest BCUT2D eigenvalue weighted by Gasteiger charge is 2.29. The van der Waals surface area contributed by atoms with Crippen LogP contribution in [0.2, 0.25) is 0 Å². The first-order valence-electron chi connectivity index (χ1n) is 6.16. The fourth-order valence-corrected chi connectivity index (χ4v) is 2.95. The van der Waals surface area contributed by atoms with Gasteiger partial charge in [0.1, 0.15) is 6.61 Å². The molecule has 0 amide bonds. The maximum Gasteiger partial charge on any atom is 0.191 e. The van der Waals surface area contributed by atoms with E-state index in [1.54, 1.807) is 11.8 Å². The third-order valence-electron chi connectivity index (χ3n) is 3.05. The first-order chi connectivity index (χ1) is 8.57. The normalized spacial score (nSPS) is 15.7. The monoisotopic (exact) mass is 266 g/mol. The second-order valence-corrected chi connectivity index (χ2v) is 6.31. The Hall–Kier alpha value is -1.06. The first kappa shape index (κ1) is 13.4. The SMILES string of the molecule is CC(C)(C#N)CCSc1nnc(CO)n1C1CC1. The number of thioether (sulfide) groups is 1. The van der Waals surface area contributed by atoms with Crippen molar-refractivity contribution in [3.05, 3.63) is 5.82 Å². The molecule has 2 rings (SSSR count). The van der Waals surface area contributed by atoms with Crippen molar-refractivity contribution in [3.63, 3.8) is 0 Å². The zero-order valence-corrected chi connectivity index (χ0v) is 11.6. The van der Waals surface area contributed by atoms with Gasteiger partial charge in [-0.25, -0.2) is 0 Å². The highest BCUT2D eigenvalue weighted by Crippen LogP contribution is 2.39. The molecular formula is C12H18N4OS. The maximum atomic E-state index is 9.23. The second-order valence-electron chi connectivity index (χ2n) is 5.25. The van der Waals surface area contributed by atoms with Gasteiger partial charge in [-0.3, -0.25) is 0 Å².